The normalized spacial score (nSPS) is 11.3. The van der Waals surface area contributed by atoms with Gasteiger partial charge in [-0.15, -0.1) is 11.3 Å². The Labute approximate surface area is 124 Å². The Morgan fingerprint density at radius 2 is 2.19 bits per heavy atom. The second-order valence-corrected chi connectivity index (χ2v) is 5.53. The Hall–Kier alpha value is -2.47. The van der Waals surface area contributed by atoms with Crippen molar-refractivity contribution in [2.45, 2.75) is 0 Å². The van der Waals surface area contributed by atoms with Gasteiger partial charge in [-0.2, -0.15) is 0 Å². The molecule has 3 heterocycles. The molecule has 5 nitrogen and oxygen atoms in total. The molecule has 21 heavy (non-hydrogen) atoms. The fraction of sp³-hybridized carbons (Fsp3) is 0.133. The molecule has 0 unspecified atom stereocenters. The zero-order chi connectivity index (χ0) is 14.4. The van der Waals surface area contributed by atoms with E-state index in [0.717, 1.165) is 38.1 Å². The predicted molar refractivity (Wildman–Crippen MR) is 82.5 cm³/mol. The minimum absolute atomic E-state index is 0.792. The van der Waals surface area contributed by atoms with Crippen LogP contribution in [0.4, 0.5) is 0 Å². The zero-order valence-electron chi connectivity index (χ0n) is 11.5. The van der Waals surface area contributed by atoms with Crippen molar-refractivity contribution in [3.8, 4) is 16.9 Å². The molecule has 0 atom stereocenters. The number of hydrogen-bond donors (Lipinski definition) is 0. The maximum atomic E-state index is 5.47. The highest BCUT2D eigenvalue weighted by molar-refractivity contribution is 7.16. The van der Waals surface area contributed by atoms with E-state index < -0.39 is 0 Å². The third-order valence-electron chi connectivity index (χ3n) is 3.53. The maximum Gasteiger partial charge on any atom is 0.153 e. The molecule has 0 aliphatic carbocycles. The Morgan fingerprint density at radius 3 is 3.05 bits per heavy atom. The molecule has 4 aromatic rings. The molecule has 0 fully saturated rings. The monoisotopic (exact) mass is 295 g/mol. The number of nitrogens with zero attached hydrogens (tertiary/aromatic N) is 4. The molecular formula is C15H11N4OS. The number of hydrogen-bond acceptors (Lipinski definition) is 5. The SMILES string of the molecule is COc1ccncc1-c1cc2s[c]nc2c2ncn(C)c12. The molecular weight excluding hydrogens is 284 g/mol. The molecule has 1 radical (unpaired) electrons. The smallest absolute Gasteiger partial charge is 0.153 e. The highest BCUT2D eigenvalue weighted by Gasteiger charge is 2.17. The van der Waals surface area contributed by atoms with E-state index in [2.05, 4.69) is 26.5 Å². The third kappa shape index (κ3) is 1.72. The topological polar surface area (TPSA) is 52.8 Å². The van der Waals surface area contributed by atoms with Crippen molar-refractivity contribution in [3.63, 3.8) is 0 Å². The summed E-state index contributed by atoms with van der Waals surface area (Å²) in [6.45, 7) is 0. The number of thiazole rings is 1. The summed E-state index contributed by atoms with van der Waals surface area (Å²) in [5.74, 6) is 0.792. The van der Waals surface area contributed by atoms with Crippen LogP contribution in [0.25, 0.3) is 32.4 Å². The van der Waals surface area contributed by atoms with Crippen molar-refractivity contribution in [1.82, 2.24) is 19.5 Å². The molecule has 0 saturated carbocycles. The fourth-order valence-electron chi connectivity index (χ4n) is 2.58. The Balaban J connectivity index is 2.17. The molecule has 0 N–H and O–H groups in total. The second-order valence-electron chi connectivity index (χ2n) is 4.70. The summed E-state index contributed by atoms with van der Waals surface area (Å²) in [6.07, 6.45) is 5.34. The summed E-state index contributed by atoms with van der Waals surface area (Å²) in [5.41, 5.74) is 7.73. The minimum atomic E-state index is 0.792. The molecule has 0 spiro atoms. The van der Waals surface area contributed by atoms with Gasteiger partial charge >= 0.3 is 0 Å². The van der Waals surface area contributed by atoms with Crippen LogP contribution < -0.4 is 4.74 Å². The van der Waals surface area contributed by atoms with Gasteiger partial charge in [0.15, 0.2) is 5.51 Å². The summed E-state index contributed by atoms with van der Waals surface area (Å²) in [7, 11) is 3.64. The van der Waals surface area contributed by atoms with Gasteiger partial charge in [0.1, 0.15) is 16.8 Å². The van der Waals surface area contributed by atoms with Crippen molar-refractivity contribution in [3.05, 3.63) is 36.4 Å². The first-order chi connectivity index (χ1) is 10.3. The molecule has 0 aliphatic heterocycles. The highest BCUT2D eigenvalue weighted by Crippen LogP contribution is 2.38. The predicted octanol–water partition coefficient (Wildman–Crippen LogP) is 3.05. The van der Waals surface area contributed by atoms with Crippen molar-refractivity contribution in [2.24, 2.45) is 7.05 Å². The van der Waals surface area contributed by atoms with Crippen LogP contribution in [0.2, 0.25) is 0 Å². The van der Waals surface area contributed by atoms with E-state index in [1.165, 1.54) is 11.3 Å². The average molecular weight is 295 g/mol. The van der Waals surface area contributed by atoms with Gasteiger partial charge in [-0.25, -0.2) is 9.97 Å². The first kappa shape index (κ1) is 12.3. The lowest BCUT2D eigenvalue weighted by Crippen LogP contribution is -1.93. The molecule has 0 saturated heterocycles. The molecule has 0 aliphatic rings. The number of rotatable bonds is 2. The summed E-state index contributed by atoms with van der Waals surface area (Å²) < 4.78 is 8.52. The van der Waals surface area contributed by atoms with Gasteiger partial charge in [0.2, 0.25) is 0 Å². The number of benzene rings is 1. The van der Waals surface area contributed by atoms with E-state index in [0.29, 0.717) is 0 Å². The van der Waals surface area contributed by atoms with E-state index in [1.807, 2.05) is 23.9 Å². The lowest BCUT2D eigenvalue weighted by molar-refractivity contribution is 0.416. The number of ether oxygens (including phenoxy) is 1. The number of imidazole rings is 1. The van der Waals surface area contributed by atoms with Gasteiger partial charge in [-0.05, 0) is 12.1 Å². The van der Waals surface area contributed by atoms with E-state index in [9.17, 15) is 0 Å². The van der Waals surface area contributed by atoms with E-state index in [1.54, 1.807) is 19.6 Å². The quantitative estimate of drug-likeness (QED) is 0.570. The van der Waals surface area contributed by atoms with Gasteiger partial charge < -0.3 is 9.30 Å². The Kier molecular flexibility index (Phi) is 2.65. The molecule has 0 bridgehead atoms. The van der Waals surface area contributed by atoms with Crippen molar-refractivity contribution in [2.75, 3.05) is 7.11 Å². The summed E-state index contributed by atoms with van der Waals surface area (Å²) in [4.78, 5) is 13.0. The number of methoxy groups -OCH3 is 1. The summed E-state index contributed by atoms with van der Waals surface area (Å²) >= 11 is 1.49. The van der Waals surface area contributed by atoms with E-state index in [-0.39, 0.29) is 0 Å². The molecule has 103 valence electrons. The Morgan fingerprint density at radius 1 is 1.29 bits per heavy atom. The second kappa shape index (κ2) is 4.53. The number of aryl methyl sites for hydroxylation is 1. The van der Waals surface area contributed by atoms with E-state index >= 15 is 0 Å². The number of aromatic nitrogens is 4. The van der Waals surface area contributed by atoms with Gasteiger partial charge in [0.25, 0.3) is 0 Å². The fourth-order valence-corrected chi connectivity index (χ4v) is 3.23. The summed E-state index contributed by atoms with van der Waals surface area (Å²) in [6, 6.07) is 3.97. The zero-order valence-corrected chi connectivity index (χ0v) is 12.3. The molecule has 4 rings (SSSR count). The number of pyridine rings is 1. The van der Waals surface area contributed by atoms with Crippen LogP contribution >= 0.6 is 11.3 Å². The first-order valence-corrected chi connectivity index (χ1v) is 7.20. The average Bonchev–Trinajstić information content (AvgIpc) is 3.13. The van der Waals surface area contributed by atoms with Gasteiger partial charge in [-0.3, -0.25) is 4.98 Å². The first-order valence-electron chi connectivity index (χ1n) is 6.38. The third-order valence-corrected chi connectivity index (χ3v) is 4.24. The van der Waals surface area contributed by atoms with Crippen LogP contribution in [-0.4, -0.2) is 26.6 Å². The van der Waals surface area contributed by atoms with Gasteiger partial charge in [0, 0.05) is 30.6 Å². The molecule has 6 heteroatoms. The van der Waals surface area contributed by atoms with E-state index in [4.69, 9.17) is 4.74 Å². The maximum absolute atomic E-state index is 5.47. The summed E-state index contributed by atoms with van der Waals surface area (Å²) in [5, 5.41) is 0. The van der Waals surface area contributed by atoms with Crippen molar-refractivity contribution in [1.29, 1.82) is 0 Å². The molecule has 3 aromatic heterocycles. The van der Waals surface area contributed by atoms with Gasteiger partial charge in [-0.1, -0.05) is 0 Å². The van der Waals surface area contributed by atoms with Crippen LogP contribution in [0, 0.1) is 5.51 Å². The van der Waals surface area contributed by atoms with Crippen molar-refractivity contribution < 1.29 is 4.74 Å². The van der Waals surface area contributed by atoms with Crippen LogP contribution in [-0.2, 0) is 7.05 Å². The van der Waals surface area contributed by atoms with Crippen LogP contribution in [0.1, 0.15) is 0 Å². The highest BCUT2D eigenvalue weighted by atomic mass is 32.1. The largest absolute Gasteiger partial charge is 0.496 e. The lowest BCUT2D eigenvalue weighted by Gasteiger charge is -2.10. The molecule has 1 aromatic carbocycles. The standard InChI is InChI=1S/C15H11N4OS/c1-19-7-17-14-13-12(21-8-18-13)5-9(15(14)19)10-6-16-4-3-11(10)20-2/h3-7H,1-2H3. The van der Waals surface area contributed by atoms with Crippen LogP contribution in [0.15, 0.2) is 30.9 Å². The van der Waals surface area contributed by atoms with Crippen LogP contribution in [0.3, 0.4) is 0 Å². The van der Waals surface area contributed by atoms with Crippen molar-refractivity contribution >= 4 is 32.6 Å². The molecule has 0 amide bonds. The van der Waals surface area contributed by atoms with Gasteiger partial charge in [0.05, 0.1) is 23.7 Å². The van der Waals surface area contributed by atoms with Crippen LogP contribution in [0.5, 0.6) is 5.75 Å². The lowest BCUT2D eigenvalue weighted by atomic mass is 10.0. The Bertz CT molecular complexity index is 957. The minimum Gasteiger partial charge on any atom is -0.496 e. The number of fused-ring (bicyclic) bond motifs is 3.